The lowest BCUT2D eigenvalue weighted by molar-refractivity contribution is 0.0572. The zero-order valence-electron chi connectivity index (χ0n) is 11.9. The van der Waals surface area contributed by atoms with Gasteiger partial charge in [-0.2, -0.15) is 0 Å². The van der Waals surface area contributed by atoms with Crippen LogP contribution in [-0.4, -0.2) is 49.5 Å². The molecule has 2 rings (SSSR count). The van der Waals surface area contributed by atoms with Crippen molar-refractivity contribution in [3.05, 3.63) is 29.8 Å². The maximum atomic E-state index is 10.4. The van der Waals surface area contributed by atoms with Crippen molar-refractivity contribution in [2.24, 2.45) is 0 Å². The second kappa shape index (κ2) is 6.37. The number of benzene rings is 1. The summed E-state index contributed by atoms with van der Waals surface area (Å²) in [7, 11) is 3.66. The summed E-state index contributed by atoms with van der Waals surface area (Å²) >= 11 is 0. The summed E-state index contributed by atoms with van der Waals surface area (Å²) < 4.78 is 10.9. The average molecular weight is 265 g/mol. The molecule has 4 heteroatoms. The molecule has 0 amide bonds. The highest BCUT2D eigenvalue weighted by Crippen LogP contribution is 2.27. The Kier molecular flexibility index (Phi) is 4.80. The summed E-state index contributed by atoms with van der Waals surface area (Å²) in [6.45, 7) is 3.48. The summed E-state index contributed by atoms with van der Waals surface area (Å²) in [5, 5.41) is 10.4. The van der Waals surface area contributed by atoms with Crippen LogP contribution >= 0.6 is 0 Å². The molecule has 3 unspecified atom stereocenters. The van der Waals surface area contributed by atoms with Crippen LogP contribution in [0.15, 0.2) is 24.3 Å². The Morgan fingerprint density at radius 2 is 2.21 bits per heavy atom. The van der Waals surface area contributed by atoms with Crippen LogP contribution in [0, 0.1) is 0 Å². The molecule has 1 N–H and O–H groups in total. The van der Waals surface area contributed by atoms with Gasteiger partial charge in [0.05, 0.1) is 19.3 Å². The fourth-order valence-corrected chi connectivity index (χ4v) is 2.75. The molecule has 1 aliphatic heterocycles. The molecule has 106 valence electrons. The third-order valence-electron chi connectivity index (χ3n) is 3.86. The van der Waals surface area contributed by atoms with Gasteiger partial charge in [-0.05, 0) is 26.5 Å². The van der Waals surface area contributed by atoms with Crippen LogP contribution in [0.2, 0.25) is 0 Å². The Labute approximate surface area is 114 Å². The summed E-state index contributed by atoms with van der Waals surface area (Å²) in [4.78, 5) is 2.18. The van der Waals surface area contributed by atoms with Crippen LogP contribution in [0.4, 0.5) is 0 Å². The Morgan fingerprint density at radius 3 is 2.84 bits per heavy atom. The smallest absolute Gasteiger partial charge is 0.124 e. The number of ether oxygens (including phenoxy) is 2. The van der Waals surface area contributed by atoms with Gasteiger partial charge in [0.1, 0.15) is 5.75 Å². The van der Waals surface area contributed by atoms with Gasteiger partial charge in [-0.25, -0.2) is 0 Å². The number of nitrogens with zero attached hydrogens (tertiary/aromatic N) is 1. The van der Waals surface area contributed by atoms with Gasteiger partial charge in [-0.3, -0.25) is 4.90 Å². The number of hydrogen-bond donors (Lipinski definition) is 1. The van der Waals surface area contributed by atoms with Gasteiger partial charge in [-0.15, -0.1) is 0 Å². The Bertz CT molecular complexity index is 410. The van der Waals surface area contributed by atoms with E-state index in [2.05, 4.69) is 11.8 Å². The van der Waals surface area contributed by atoms with Gasteiger partial charge in [-0.1, -0.05) is 18.2 Å². The quantitative estimate of drug-likeness (QED) is 0.882. The first kappa shape index (κ1) is 14.3. The molecule has 1 saturated heterocycles. The van der Waals surface area contributed by atoms with E-state index in [1.165, 1.54) is 0 Å². The van der Waals surface area contributed by atoms with Crippen molar-refractivity contribution in [2.45, 2.75) is 31.6 Å². The van der Waals surface area contributed by atoms with Crippen LogP contribution in [0.25, 0.3) is 0 Å². The Balaban J connectivity index is 2.02. The van der Waals surface area contributed by atoms with Crippen molar-refractivity contribution in [3.63, 3.8) is 0 Å². The molecule has 0 spiro atoms. The van der Waals surface area contributed by atoms with Crippen LogP contribution in [0.3, 0.4) is 0 Å². The molecule has 1 aliphatic rings. The second-order valence-electron chi connectivity index (χ2n) is 5.13. The van der Waals surface area contributed by atoms with Crippen LogP contribution in [0.1, 0.15) is 25.0 Å². The largest absolute Gasteiger partial charge is 0.496 e. The molecule has 0 bridgehead atoms. The Morgan fingerprint density at radius 1 is 1.47 bits per heavy atom. The fourth-order valence-electron chi connectivity index (χ4n) is 2.75. The van der Waals surface area contributed by atoms with Crippen LogP contribution < -0.4 is 4.74 Å². The van der Waals surface area contributed by atoms with E-state index in [0.717, 1.165) is 24.3 Å². The molecular weight excluding hydrogens is 242 g/mol. The zero-order valence-corrected chi connectivity index (χ0v) is 11.9. The van der Waals surface area contributed by atoms with E-state index >= 15 is 0 Å². The van der Waals surface area contributed by atoms with Crippen molar-refractivity contribution < 1.29 is 14.6 Å². The third-order valence-corrected chi connectivity index (χ3v) is 3.86. The summed E-state index contributed by atoms with van der Waals surface area (Å²) in [5.74, 6) is 0.735. The maximum absolute atomic E-state index is 10.4. The predicted octanol–water partition coefficient (Wildman–Crippen LogP) is 1.84. The van der Waals surface area contributed by atoms with Crippen molar-refractivity contribution in [1.29, 1.82) is 0 Å². The van der Waals surface area contributed by atoms with E-state index in [1.807, 2.05) is 31.3 Å². The van der Waals surface area contributed by atoms with Crippen molar-refractivity contribution in [2.75, 3.05) is 27.3 Å². The minimum atomic E-state index is -0.547. The van der Waals surface area contributed by atoms with E-state index in [0.29, 0.717) is 12.6 Å². The number of hydrogen-bond acceptors (Lipinski definition) is 4. The molecule has 1 aromatic rings. The first-order chi connectivity index (χ1) is 9.13. The molecular formula is C15H23NO3. The standard InChI is InChI=1S/C15H23NO3/c1-11-13(8-9-19-11)16(2)10-14(17)12-6-4-5-7-15(12)18-3/h4-7,11,13-14,17H,8-10H2,1-3H3. The van der Waals surface area contributed by atoms with Gasteiger partial charge in [0.15, 0.2) is 0 Å². The van der Waals surface area contributed by atoms with Crippen molar-refractivity contribution in [3.8, 4) is 5.75 Å². The SMILES string of the molecule is COc1ccccc1C(O)CN(C)C1CCOC1C. The lowest BCUT2D eigenvalue weighted by Crippen LogP contribution is -2.39. The molecule has 0 radical (unpaired) electrons. The molecule has 0 saturated carbocycles. The van der Waals surface area contributed by atoms with E-state index < -0.39 is 6.10 Å². The third kappa shape index (κ3) is 3.26. The van der Waals surface area contributed by atoms with Gasteiger partial charge in [0.25, 0.3) is 0 Å². The van der Waals surface area contributed by atoms with Crippen LogP contribution in [0.5, 0.6) is 5.75 Å². The summed E-state index contributed by atoms with van der Waals surface area (Å²) in [6.07, 6.45) is 0.708. The molecule has 19 heavy (non-hydrogen) atoms. The molecule has 3 atom stereocenters. The van der Waals surface area contributed by atoms with Crippen LogP contribution in [-0.2, 0) is 4.74 Å². The lowest BCUT2D eigenvalue weighted by atomic mass is 10.1. The highest BCUT2D eigenvalue weighted by atomic mass is 16.5. The Hall–Kier alpha value is -1.10. The van der Waals surface area contributed by atoms with Gasteiger partial charge < -0.3 is 14.6 Å². The number of likely N-dealkylation sites (N-methyl/N-ethyl adjacent to an activating group) is 1. The van der Waals surface area contributed by atoms with Gasteiger partial charge in [0, 0.05) is 24.8 Å². The molecule has 1 fully saturated rings. The lowest BCUT2D eigenvalue weighted by Gasteiger charge is -2.29. The first-order valence-corrected chi connectivity index (χ1v) is 6.76. The molecule has 0 aromatic heterocycles. The summed E-state index contributed by atoms with van der Waals surface area (Å²) in [5.41, 5.74) is 0.836. The maximum Gasteiger partial charge on any atom is 0.124 e. The highest BCUT2D eigenvalue weighted by molar-refractivity contribution is 5.35. The van der Waals surface area contributed by atoms with E-state index in [9.17, 15) is 5.11 Å². The van der Waals surface area contributed by atoms with Gasteiger partial charge >= 0.3 is 0 Å². The monoisotopic (exact) mass is 265 g/mol. The fraction of sp³-hybridized carbons (Fsp3) is 0.600. The van der Waals surface area contributed by atoms with Crippen molar-refractivity contribution >= 4 is 0 Å². The molecule has 4 nitrogen and oxygen atoms in total. The van der Waals surface area contributed by atoms with E-state index in [4.69, 9.17) is 9.47 Å². The van der Waals surface area contributed by atoms with Crippen molar-refractivity contribution in [1.82, 2.24) is 4.90 Å². The number of rotatable bonds is 5. The number of aliphatic hydroxyl groups excluding tert-OH is 1. The minimum Gasteiger partial charge on any atom is -0.496 e. The molecule has 0 aliphatic carbocycles. The second-order valence-corrected chi connectivity index (χ2v) is 5.13. The number of para-hydroxylation sites is 1. The zero-order chi connectivity index (χ0) is 13.8. The number of aliphatic hydroxyl groups is 1. The number of methoxy groups -OCH3 is 1. The predicted molar refractivity (Wildman–Crippen MR) is 74.4 cm³/mol. The normalized spacial score (nSPS) is 24.7. The minimum absolute atomic E-state index is 0.231. The van der Waals surface area contributed by atoms with Gasteiger partial charge in [0.2, 0.25) is 0 Å². The highest BCUT2D eigenvalue weighted by Gasteiger charge is 2.29. The average Bonchev–Trinajstić information content (AvgIpc) is 2.85. The summed E-state index contributed by atoms with van der Waals surface area (Å²) in [6, 6.07) is 7.99. The molecule has 1 aromatic carbocycles. The molecule has 1 heterocycles. The first-order valence-electron chi connectivity index (χ1n) is 6.76. The van der Waals surface area contributed by atoms with E-state index in [1.54, 1.807) is 7.11 Å². The topological polar surface area (TPSA) is 41.9 Å². The van der Waals surface area contributed by atoms with E-state index in [-0.39, 0.29) is 6.10 Å².